The number of halogens is 1. The molecule has 0 amide bonds. The Morgan fingerprint density at radius 1 is 0.588 bits per heavy atom. The number of alkyl halides is 1. The van der Waals surface area contributed by atoms with Gasteiger partial charge >= 0.3 is 0 Å². The van der Waals surface area contributed by atoms with Gasteiger partial charge in [0.25, 0.3) is 0 Å². The van der Waals surface area contributed by atoms with Crippen LogP contribution in [0.5, 0.6) is 0 Å². The second-order valence-electron chi connectivity index (χ2n) is 5.29. The topological polar surface area (TPSA) is 0 Å². The molecule has 0 aliphatic carbocycles. The van der Waals surface area contributed by atoms with E-state index in [0.717, 1.165) is 0 Å². The zero-order chi connectivity index (χ0) is 12.6. The summed E-state index contributed by atoms with van der Waals surface area (Å²) in [5, 5.41) is 1.19. The van der Waals surface area contributed by atoms with Gasteiger partial charge in [0.05, 0.1) is 0 Å². The first-order chi connectivity index (χ1) is 8.41. The Bertz CT molecular complexity index is 109. The molecule has 0 rings (SSSR count). The van der Waals surface area contributed by atoms with Gasteiger partial charge in [-0.2, -0.15) is 0 Å². The first-order valence-corrected chi connectivity index (χ1v) is 9.10. The van der Waals surface area contributed by atoms with Crippen LogP contribution >= 0.6 is 15.9 Å². The van der Waals surface area contributed by atoms with Crippen LogP contribution in [-0.4, -0.2) is 5.33 Å². The third kappa shape index (κ3) is 16.5. The van der Waals surface area contributed by atoms with Crippen LogP contribution in [0.2, 0.25) is 0 Å². The van der Waals surface area contributed by atoms with E-state index < -0.39 is 0 Å². The number of hydrogen-bond donors (Lipinski definition) is 0. The average molecular weight is 307 g/mol. The van der Waals surface area contributed by atoms with E-state index in [2.05, 4.69) is 22.9 Å². The Morgan fingerprint density at radius 3 is 1.29 bits per heavy atom. The normalized spacial score (nSPS) is 10.9. The fourth-order valence-corrected chi connectivity index (χ4v) is 2.69. The van der Waals surface area contributed by atoms with Crippen LogP contribution in [0, 0.1) is 0 Å². The van der Waals surface area contributed by atoms with Crippen molar-refractivity contribution in [3.05, 3.63) is 0 Å². The van der Waals surface area contributed by atoms with Gasteiger partial charge < -0.3 is 0 Å². The summed E-state index contributed by atoms with van der Waals surface area (Å²) in [6.45, 7) is 2.29. The molecule has 0 unspecified atom stereocenters. The zero-order valence-electron chi connectivity index (χ0n) is 12.0. The predicted octanol–water partition coefficient (Wildman–Crippen LogP) is 6.86. The third-order valence-corrected chi connectivity index (χ3v) is 4.05. The molecule has 17 heavy (non-hydrogen) atoms. The Labute approximate surface area is 118 Å². The van der Waals surface area contributed by atoms with E-state index in [0.29, 0.717) is 0 Å². The molecule has 0 spiro atoms. The summed E-state index contributed by atoms with van der Waals surface area (Å²) in [6.07, 6.45) is 20.3. The summed E-state index contributed by atoms with van der Waals surface area (Å²) in [7, 11) is 0. The van der Waals surface area contributed by atoms with Gasteiger partial charge in [-0.15, -0.1) is 0 Å². The monoisotopic (exact) mass is 306 g/mol. The lowest BCUT2D eigenvalue weighted by molar-refractivity contribution is 0.538. The minimum Gasteiger partial charge on any atom is -0.0928 e. The lowest BCUT2D eigenvalue weighted by Crippen LogP contribution is -1.83. The van der Waals surface area contributed by atoms with Crippen molar-refractivity contribution in [2.24, 2.45) is 0 Å². The maximum atomic E-state index is 3.48. The Balaban J connectivity index is 2.85. The predicted molar refractivity (Wildman–Crippen MR) is 84.1 cm³/mol. The molecule has 0 heterocycles. The van der Waals surface area contributed by atoms with Crippen LogP contribution in [0.3, 0.4) is 0 Å². The number of hydrogen-bond acceptors (Lipinski definition) is 0. The van der Waals surface area contributed by atoms with Crippen molar-refractivity contribution in [3.8, 4) is 0 Å². The highest BCUT2D eigenvalue weighted by Crippen LogP contribution is 2.12. The SMILES string of the molecule is CCCCCCCCCCCCCCC[14CH2]Br. The zero-order valence-corrected chi connectivity index (χ0v) is 13.6. The summed E-state index contributed by atoms with van der Waals surface area (Å²) in [5.41, 5.74) is 0. The number of rotatable bonds is 14. The molecule has 0 radical (unpaired) electrons. The van der Waals surface area contributed by atoms with Crippen LogP contribution in [0.15, 0.2) is 0 Å². The Hall–Kier alpha value is 0.480. The highest BCUT2D eigenvalue weighted by molar-refractivity contribution is 9.09. The van der Waals surface area contributed by atoms with Crippen LogP contribution in [0.1, 0.15) is 96.8 Å². The van der Waals surface area contributed by atoms with Crippen molar-refractivity contribution in [1.29, 1.82) is 0 Å². The van der Waals surface area contributed by atoms with Crippen LogP contribution in [-0.2, 0) is 0 Å². The van der Waals surface area contributed by atoms with Gasteiger partial charge in [0, 0.05) is 5.33 Å². The Kier molecular flexibility index (Phi) is 16.9. The van der Waals surface area contributed by atoms with Gasteiger partial charge in [-0.05, 0) is 6.42 Å². The molecular weight excluding hydrogens is 274 g/mol. The summed E-state index contributed by atoms with van der Waals surface area (Å²) in [4.78, 5) is 0. The van der Waals surface area contributed by atoms with Crippen LogP contribution < -0.4 is 0 Å². The minimum atomic E-state index is 1.19. The molecule has 0 saturated carbocycles. The fraction of sp³-hybridized carbons (Fsp3) is 1.00. The number of unbranched alkanes of at least 4 members (excludes halogenated alkanes) is 13. The van der Waals surface area contributed by atoms with Crippen molar-refractivity contribution >= 4 is 15.9 Å². The van der Waals surface area contributed by atoms with E-state index in [1.54, 1.807) is 0 Å². The van der Waals surface area contributed by atoms with Crippen molar-refractivity contribution < 1.29 is 0 Å². The van der Waals surface area contributed by atoms with Gasteiger partial charge in [0.15, 0.2) is 0 Å². The molecule has 0 atom stereocenters. The molecule has 0 aromatic rings. The largest absolute Gasteiger partial charge is 0.0928 e. The standard InChI is InChI=1S/C16H33Br/c1-2-3-4-5-6-7-8-9-10-11-12-13-14-15-16-17/h2-16H2,1H3/i16+2. The van der Waals surface area contributed by atoms with Crippen molar-refractivity contribution in [2.45, 2.75) is 96.8 Å². The molecule has 0 nitrogen and oxygen atoms in total. The van der Waals surface area contributed by atoms with E-state index in [9.17, 15) is 0 Å². The first-order valence-electron chi connectivity index (χ1n) is 7.97. The van der Waals surface area contributed by atoms with E-state index >= 15 is 0 Å². The summed E-state index contributed by atoms with van der Waals surface area (Å²) >= 11 is 3.48. The maximum Gasteiger partial charge on any atom is 0.00313 e. The molecule has 1 heteroatoms. The molecule has 0 bridgehead atoms. The average Bonchev–Trinajstić information content (AvgIpc) is 2.35. The Morgan fingerprint density at radius 2 is 0.941 bits per heavy atom. The van der Waals surface area contributed by atoms with Crippen molar-refractivity contribution in [3.63, 3.8) is 0 Å². The quantitative estimate of drug-likeness (QED) is 0.243. The second-order valence-corrected chi connectivity index (χ2v) is 6.08. The molecule has 104 valence electrons. The van der Waals surface area contributed by atoms with Crippen molar-refractivity contribution in [1.82, 2.24) is 0 Å². The molecule has 0 aromatic carbocycles. The van der Waals surface area contributed by atoms with Gasteiger partial charge in [-0.1, -0.05) is 106 Å². The van der Waals surface area contributed by atoms with Gasteiger partial charge in [0.1, 0.15) is 0 Å². The first kappa shape index (κ1) is 17.5. The van der Waals surface area contributed by atoms with Gasteiger partial charge in [-0.3, -0.25) is 0 Å². The molecule has 0 aromatic heterocycles. The van der Waals surface area contributed by atoms with Gasteiger partial charge in [0.2, 0.25) is 0 Å². The highest BCUT2D eigenvalue weighted by atomic mass is 79.9. The summed E-state index contributed by atoms with van der Waals surface area (Å²) in [6, 6.07) is 0. The molecule has 0 N–H and O–H groups in total. The maximum absolute atomic E-state index is 3.48. The summed E-state index contributed by atoms with van der Waals surface area (Å²) < 4.78 is 0. The lowest BCUT2D eigenvalue weighted by Gasteiger charge is -2.02. The molecule has 0 saturated heterocycles. The van der Waals surface area contributed by atoms with Crippen LogP contribution in [0.25, 0.3) is 0 Å². The summed E-state index contributed by atoms with van der Waals surface area (Å²) in [5.74, 6) is 0. The highest BCUT2D eigenvalue weighted by Gasteiger charge is 1.93. The molecule has 0 fully saturated rings. The fourth-order valence-electron chi connectivity index (χ4n) is 2.29. The second kappa shape index (κ2) is 16.5. The molecular formula is C16H33Br. The molecule has 0 aliphatic rings. The molecule has 0 aliphatic heterocycles. The minimum absolute atomic E-state index is 1.19. The smallest absolute Gasteiger partial charge is 0.00313 e. The third-order valence-electron chi connectivity index (χ3n) is 3.49. The van der Waals surface area contributed by atoms with Crippen LogP contribution in [0.4, 0.5) is 0 Å². The van der Waals surface area contributed by atoms with E-state index in [-0.39, 0.29) is 0 Å². The van der Waals surface area contributed by atoms with E-state index in [4.69, 9.17) is 0 Å². The van der Waals surface area contributed by atoms with E-state index in [1.165, 1.54) is 95.2 Å². The lowest BCUT2D eigenvalue weighted by atomic mass is 10.0. The van der Waals surface area contributed by atoms with Crippen molar-refractivity contribution in [2.75, 3.05) is 5.33 Å². The van der Waals surface area contributed by atoms with E-state index in [1.807, 2.05) is 0 Å². The van der Waals surface area contributed by atoms with Gasteiger partial charge in [-0.25, -0.2) is 0 Å².